The molecule has 0 aliphatic carbocycles. The second kappa shape index (κ2) is 5.27. The number of carbonyl (C=O) groups is 1. The van der Waals surface area contributed by atoms with Crippen LogP contribution in [0.15, 0.2) is 46.2 Å². The molecule has 2 heterocycles. The van der Waals surface area contributed by atoms with Gasteiger partial charge in [-0.2, -0.15) is 5.10 Å². The van der Waals surface area contributed by atoms with E-state index in [0.29, 0.717) is 17.0 Å². The Balaban J connectivity index is 2.07. The molecule has 2 aromatic heterocycles. The summed E-state index contributed by atoms with van der Waals surface area (Å²) in [6.07, 6.45) is 3.15. The van der Waals surface area contributed by atoms with E-state index in [9.17, 15) is 4.79 Å². The van der Waals surface area contributed by atoms with E-state index in [0.717, 1.165) is 5.69 Å². The van der Waals surface area contributed by atoms with Gasteiger partial charge in [-0.25, -0.2) is 5.43 Å². The van der Waals surface area contributed by atoms with Crippen molar-refractivity contribution in [2.75, 3.05) is 0 Å². The first kappa shape index (κ1) is 12.0. The van der Waals surface area contributed by atoms with Crippen LogP contribution in [0, 0.1) is 6.92 Å². The molecule has 5 heteroatoms. The number of hydrazone groups is 1. The maximum absolute atomic E-state index is 11.8. The fourth-order valence-electron chi connectivity index (χ4n) is 1.43. The monoisotopic (exact) mass is 243 g/mol. The molecule has 0 saturated carbocycles. The van der Waals surface area contributed by atoms with Gasteiger partial charge in [-0.05, 0) is 38.1 Å². The third-order valence-corrected chi connectivity index (χ3v) is 2.36. The first-order chi connectivity index (χ1) is 8.66. The van der Waals surface area contributed by atoms with Crippen molar-refractivity contribution < 1.29 is 9.21 Å². The number of aromatic nitrogens is 1. The Labute approximate surface area is 105 Å². The van der Waals surface area contributed by atoms with Gasteiger partial charge in [-0.15, -0.1) is 0 Å². The second-order valence-corrected chi connectivity index (χ2v) is 3.80. The molecule has 0 aliphatic rings. The molecule has 0 aromatic carbocycles. The molecule has 1 amide bonds. The number of furan rings is 1. The smallest absolute Gasteiger partial charge is 0.271 e. The summed E-state index contributed by atoms with van der Waals surface area (Å²) in [5.41, 5.74) is 4.40. The number of pyridine rings is 1. The van der Waals surface area contributed by atoms with Crippen LogP contribution >= 0.6 is 0 Å². The SMILES string of the molecule is C/C(=N\NC(=O)c1ccnc(C)c1)c1ccco1. The number of aryl methyl sites for hydroxylation is 1. The number of hydrogen-bond donors (Lipinski definition) is 1. The zero-order valence-corrected chi connectivity index (χ0v) is 10.2. The van der Waals surface area contributed by atoms with E-state index < -0.39 is 0 Å². The summed E-state index contributed by atoms with van der Waals surface area (Å²) in [6.45, 7) is 3.59. The third kappa shape index (κ3) is 2.82. The molecule has 0 atom stereocenters. The number of rotatable bonds is 3. The highest BCUT2D eigenvalue weighted by Gasteiger charge is 2.05. The highest BCUT2D eigenvalue weighted by atomic mass is 16.3. The number of nitrogens with one attached hydrogen (secondary N) is 1. The van der Waals surface area contributed by atoms with Crippen LogP contribution in [-0.2, 0) is 0 Å². The summed E-state index contributed by atoms with van der Waals surface area (Å²) in [4.78, 5) is 15.8. The quantitative estimate of drug-likeness (QED) is 0.663. The van der Waals surface area contributed by atoms with E-state index in [4.69, 9.17) is 4.42 Å². The molecule has 2 rings (SSSR count). The van der Waals surface area contributed by atoms with Gasteiger partial charge in [-0.1, -0.05) is 0 Å². The zero-order chi connectivity index (χ0) is 13.0. The average molecular weight is 243 g/mol. The molecule has 0 fully saturated rings. The van der Waals surface area contributed by atoms with Crippen LogP contribution in [0.2, 0.25) is 0 Å². The minimum atomic E-state index is -0.272. The molecule has 1 N–H and O–H groups in total. The Bertz CT molecular complexity index is 574. The Kier molecular flexibility index (Phi) is 3.52. The lowest BCUT2D eigenvalue weighted by Gasteiger charge is -2.01. The van der Waals surface area contributed by atoms with Gasteiger partial charge in [-0.3, -0.25) is 9.78 Å². The maximum atomic E-state index is 11.8. The molecule has 5 nitrogen and oxygen atoms in total. The minimum Gasteiger partial charge on any atom is -0.463 e. The largest absolute Gasteiger partial charge is 0.463 e. The van der Waals surface area contributed by atoms with Crippen LogP contribution in [0.3, 0.4) is 0 Å². The normalized spacial score (nSPS) is 11.3. The summed E-state index contributed by atoms with van der Waals surface area (Å²) in [7, 11) is 0. The van der Waals surface area contributed by atoms with Crippen molar-refractivity contribution in [1.29, 1.82) is 0 Å². The molecule has 0 bridgehead atoms. The van der Waals surface area contributed by atoms with Gasteiger partial charge < -0.3 is 4.42 Å². The van der Waals surface area contributed by atoms with Crippen molar-refractivity contribution in [3.05, 3.63) is 53.7 Å². The van der Waals surface area contributed by atoms with Gasteiger partial charge in [0.15, 0.2) is 0 Å². The molecular weight excluding hydrogens is 230 g/mol. The average Bonchev–Trinajstić information content (AvgIpc) is 2.89. The van der Waals surface area contributed by atoms with Crippen molar-refractivity contribution in [1.82, 2.24) is 10.4 Å². The van der Waals surface area contributed by atoms with E-state index in [2.05, 4.69) is 15.5 Å². The van der Waals surface area contributed by atoms with Crippen LogP contribution in [0.4, 0.5) is 0 Å². The highest BCUT2D eigenvalue weighted by molar-refractivity contribution is 5.99. The van der Waals surface area contributed by atoms with Crippen LogP contribution in [0.1, 0.15) is 28.7 Å². The Morgan fingerprint density at radius 1 is 1.44 bits per heavy atom. The van der Waals surface area contributed by atoms with E-state index in [1.54, 1.807) is 43.6 Å². The standard InChI is InChI=1S/C13H13N3O2/c1-9-8-11(5-6-14-9)13(17)16-15-10(2)12-4-3-7-18-12/h3-8H,1-2H3,(H,16,17)/b15-10+. The predicted octanol–water partition coefficient (Wildman–Crippen LogP) is 2.14. The van der Waals surface area contributed by atoms with E-state index in [1.807, 2.05) is 6.92 Å². The summed E-state index contributed by atoms with van der Waals surface area (Å²) < 4.78 is 5.16. The number of nitrogens with zero attached hydrogens (tertiary/aromatic N) is 2. The van der Waals surface area contributed by atoms with Crippen molar-refractivity contribution in [3.8, 4) is 0 Å². The second-order valence-electron chi connectivity index (χ2n) is 3.80. The molecule has 2 aromatic rings. The van der Waals surface area contributed by atoms with Gasteiger partial charge in [0.25, 0.3) is 5.91 Å². The van der Waals surface area contributed by atoms with Gasteiger partial charge in [0.1, 0.15) is 11.5 Å². The Morgan fingerprint density at radius 2 is 2.28 bits per heavy atom. The summed E-state index contributed by atoms with van der Waals surface area (Å²) in [5.74, 6) is 0.354. The molecule has 18 heavy (non-hydrogen) atoms. The lowest BCUT2D eigenvalue weighted by Crippen LogP contribution is -2.19. The van der Waals surface area contributed by atoms with E-state index in [-0.39, 0.29) is 5.91 Å². The van der Waals surface area contributed by atoms with Gasteiger partial charge in [0.2, 0.25) is 0 Å². The first-order valence-electron chi connectivity index (χ1n) is 5.48. The summed E-state index contributed by atoms with van der Waals surface area (Å²) in [5, 5.41) is 3.98. The van der Waals surface area contributed by atoms with Crippen LogP contribution < -0.4 is 5.43 Å². The molecule has 0 aliphatic heterocycles. The molecule has 0 radical (unpaired) electrons. The summed E-state index contributed by atoms with van der Waals surface area (Å²) in [6, 6.07) is 6.89. The Hall–Kier alpha value is -2.43. The number of amides is 1. The first-order valence-corrected chi connectivity index (χ1v) is 5.48. The van der Waals surface area contributed by atoms with E-state index in [1.165, 1.54) is 0 Å². The molecule has 0 saturated heterocycles. The van der Waals surface area contributed by atoms with Gasteiger partial charge >= 0.3 is 0 Å². The topological polar surface area (TPSA) is 67.5 Å². The Morgan fingerprint density at radius 3 is 2.94 bits per heavy atom. The van der Waals surface area contributed by atoms with Crippen LogP contribution in [0.5, 0.6) is 0 Å². The van der Waals surface area contributed by atoms with Crippen LogP contribution in [0.25, 0.3) is 0 Å². The highest BCUT2D eigenvalue weighted by Crippen LogP contribution is 2.03. The number of hydrogen-bond acceptors (Lipinski definition) is 4. The lowest BCUT2D eigenvalue weighted by atomic mass is 10.2. The third-order valence-electron chi connectivity index (χ3n) is 2.36. The molecule has 0 unspecified atom stereocenters. The van der Waals surface area contributed by atoms with Gasteiger partial charge in [0.05, 0.1) is 6.26 Å². The van der Waals surface area contributed by atoms with Crippen molar-refractivity contribution in [3.63, 3.8) is 0 Å². The van der Waals surface area contributed by atoms with Crippen molar-refractivity contribution in [2.24, 2.45) is 5.10 Å². The van der Waals surface area contributed by atoms with Crippen molar-refractivity contribution in [2.45, 2.75) is 13.8 Å². The van der Waals surface area contributed by atoms with E-state index >= 15 is 0 Å². The van der Waals surface area contributed by atoms with Gasteiger partial charge in [0, 0.05) is 17.5 Å². The molecular formula is C13H13N3O2. The molecule has 0 spiro atoms. The fourth-order valence-corrected chi connectivity index (χ4v) is 1.43. The summed E-state index contributed by atoms with van der Waals surface area (Å²) >= 11 is 0. The maximum Gasteiger partial charge on any atom is 0.271 e. The predicted molar refractivity (Wildman–Crippen MR) is 67.4 cm³/mol. The fraction of sp³-hybridized carbons (Fsp3) is 0.154. The molecule has 92 valence electrons. The zero-order valence-electron chi connectivity index (χ0n) is 10.2. The number of carbonyl (C=O) groups excluding carboxylic acids is 1. The lowest BCUT2D eigenvalue weighted by molar-refractivity contribution is 0.0954. The van der Waals surface area contributed by atoms with Crippen molar-refractivity contribution >= 4 is 11.6 Å². The minimum absolute atomic E-state index is 0.272. The van der Waals surface area contributed by atoms with Crippen LogP contribution in [-0.4, -0.2) is 16.6 Å².